The van der Waals surface area contributed by atoms with E-state index in [4.69, 9.17) is 32.7 Å². The van der Waals surface area contributed by atoms with Crippen molar-refractivity contribution in [2.24, 2.45) is 0 Å². The predicted octanol–water partition coefficient (Wildman–Crippen LogP) is 5.15. The van der Waals surface area contributed by atoms with E-state index in [-0.39, 0.29) is 6.61 Å². The molecule has 1 heterocycles. The summed E-state index contributed by atoms with van der Waals surface area (Å²) in [5.41, 5.74) is 1.84. The molecule has 1 aliphatic heterocycles. The SMILES string of the molecule is CCN1CCCC1CNCc1cccc(OC)c1OCc1c(Cl)cccc1Cl. The van der Waals surface area contributed by atoms with E-state index in [0.717, 1.165) is 36.5 Å². The number of rotatable bonds is 9. The van der Waals surface area contributed by atoms with Crippen molar-refractivity contribution in [3.05, 3.63) is 57.6 Å². The van der Waals surface area contributed by atoms with E-state index in [9.17, 15) is 0 Å². The summed E-state index contributed by atoms with van der Waals surface area (Å²) in [6.07, 6.45) is 2.54. The lowest BCUT2D eigenvalue weighted by Crippen LogP contribution is -2.37. The van der Waals surface area contributed by atoms with E-state index in [0.29, 0.717) is 21.8 Å². The van der Waals surface area contributed by atoms with Crippen molar-refractivity contribution >= 4 is 23.2 Å². The standard InChI is InChI=1S/C22H28Cl2N2O2/c1-3-26-12-6-8-17(26)14-25-13-16-7-4-11-21(27-2)22(16)28-15-18-19(23)9-5-10-20(18)24/h4-5,7,9-11,17,25H,3,6,8,12-15H2,1-2H3. The highest BCUT2D eigenvalue weighted by atomic mass is 35.5. The van der Waals surface area contributed by atoms with Crippen LogP contribution in [0, 0.1) is 0 Å². The first-order valence-electron chi connectivity index (χ1n) is 9.80. The van der Waals surface area contributed by atoms with Crippen LogP contribution in [0.4, 0.5) is 0 Å². The van der Waals surface area contributed by atoms with Gasteiger partial charge in [0.25, 0.3) is 0 Å². The molecule has 1 unspecified atom stereocenters. The average Bonchev–Trinajstić information content (AvgIpc) is 3.15. The molecule has 4 nitrogen and oxygen atoms in total. The van der Waals surface area contributed by atoms with Crippen LogP contribution in [0.1, 0.15) is 30.9 Å². The number of hydrogen-bond donors (Lipinski definition) is 1. The molecule has 0 bridgehead atoms. The first-order chi connectivity index (χ1) is 13.6. The molecule has 28 heavy (non-hydrogen) atoms. The van der Waals surface area contributed by atoms with Crippen molar-refractivity contribution in [1.29, 1.82) is 0 Å². The molecular formula is C22H28Cl2N2O2. The van der Waals surface area contributed by atoms with Gasteiger partial charge >= 0.3 is 0 Å². The first kappa shape index (κ1) is 21.3. The van der Waals surface area contributed by atoms with Gasteiger partial charge in [-0.3, -0.25) is 4.90 Å². The fourth-order valence-corrected chi connectivity index (χ4v) is 4.26. The topological polar surface area (TPSA) is 33.7 Å². The minimum atomic E-state index is 0.290. The fraction of sp³-hybridized carbons (Fsp3) is 0.455. The Labute approximate surface area is 177 Å². The minimum Gasteiger partial charge on any atom is -0.493 e. The molecule has 1 N–H and O–H groups in total. The molecule has 0 spiro atoms. The van der Waals surface area contributed by atoms with Crippen LogP contribution in [-0.2, 0) is 13.2 Å². The van der Waals surface area contributed by atoms with Gasteiger partial charge in [-0.2, -0.15) is 0 Å². The summed E-state index contributed by atoms with van der Waals surface area (Å²) in [5, 5.41) is 4.79. The first-order valence-corrected chi connectivity index (χ1v) is 10.6. The second kappa shape index (κ2) is 10.4. The summed E-state index contributed by atoms with van der Waals surface area (Å²) < 4.78 is 11.6. The number of likely N-dealkylation sites (N-methyl/N-ethyl adjacent to an activating group) is 1. The van der Waals surface area contributed by atoms with Crippen molar-refractivity contribution in [2.45, 2.75) is 39.0 Å². The van der Waals surface area contributed by atoms with Crippen LogP contribution in [0.3, 0.4) is 0 Å². The highest BCUT2D eigenvalue weighted by molar-refractivity contribution is 6.35. The molecule has 1 aliphatic rings. The van der Waals surface area contributed by atoms with Crippen molar-refractivity contribution in [3.8, 4) is 11.5 Å². The van der Waals surface area contributed by atoms with Crippen molar-refractivity contribution in [1.82, 2.24) is 10.2 Å². The van der Waals surface area contributed by atoms with E-state index in [2.05, 4.69) is 23.2 Å². The van der Waals surface area contributed by atoms with Crippen LogP contribution in [-0.4, -0.2) is 37.7 Å². The smallest absolute Gasteiger partial charge is 0.166 e. The van der Waals surface area contributed by atoms with Gasteiger partial charge in [0, 0.05) is 40.3 Å². The second-order valence-electron chi connectivity index (χ2n) is 6.99. The molecule has 0 saturated carbocycles. The summed E-state index contributed by atoms with van der Waals surface area (Å²) in [6, 6.07) is 12.0. The van der Waals surface area contributed by atoms with Gasteiger partial charge in [0.2, 0.25) is 0 Å². The van der Waals surface area contributed by atoms with Gasteiger partial charge in [0.05, 0.1) is 7.11 Å². The van der Waals surface area contributed by atoms with Crippen LogP contribution >= 0.6 is 23.2 Å². The number of benzene rings is 2. The summed E-state index contributed by atoms with van der Waals surface area (Å²) in [6.45, 7) is 6.52. The lowest BCUT2D eigenvalue weighted by atomic mass is 10.1. The Bertz CT molecular complexity index is 765. The van der Waals surface area contributed by atoms with Gasteiger partial charge < -0.3 is 14.8 Å². The molecular weight excluding hydrogens is 395 g/mol. The van der Waals surface area contributed by atoms with Crippen molar-refractivity contribution < 1.29 is 9.47 Å². The predicted molar refractivity (Wildman–Crippen MR) is 116 cm³/mol. The van der Waals surface area contributed by atoms with Crippen LogP contribution in [0.5, 0.6) is 11.5 Å². The maximum atomic E-state index is 6.28. The molecule has 1 saturated heterocycles. The number of nitrogens with one attached hydrogen (secondary N) is 1. The zero-order valence-corrected chi connectivity index (χ0v) is 18.0. The second-order valence-corrected chi connectivity index (χ2v) is 7.81. The Kier molecular flexibility index (Phi) is 7.86. The summed E-state index contributed by atoms with van der Waals surface area (Å²) >= 11 is 12.6. The van der Waals surface area contributed by atoms with Crippen LogP contribution < -0.4 is 14.8 Å². The molecule has 0 amide bonds. The monoisotopic (exact) mass is 422 g/mol. The van der Waals surface area contributed by atoms with E-state index in [1.165, 1.54) is 19.4 Å². The fourth-order valence-electron chi connectivity index (χ4n) is 3.76. The van der Waals surface area contributed by atoms with Gasteiger partial charge in [-0.25, -0.2) is 0 Å². The molecule has 152 valence electrons. The Morgan fingerprint density at radius 1 is 1.14 bits per heavy atom. The maximum absolute atomic E-state index is 6.28. The maximum Gasteiger partial charge on any atom is 0.166 e. The Balaban J connectivity index is 1.68. The number of methoxy groups -OCH3 is 1. The van der Waals surface area contributed by atoms with Gasteiger partial charge in [0.15, 0.2) is 11.5 Å². The third kappa shape index (κ3) is 5.12. The number of ether oxygens (including phenoxy) is 2. The molecule has 1 fully saturated rings. The van der Waals surface area contributed by atoms with E-state index in [1.807, 2.05) is 30.3 Å². The Morgan fingerprint density at radius 3 is 2.61 bits per heavy atom. The number of likely N-dealkylation sites (tertiary alicyclic amines) is 1. The van der Waals surface area contributed by atoms with Crippen molar-refractivity contribution in [2.75, 3.05) is 26.7 Å². The minimum absolute atomic E-state index is 0.290. The third-order valence-corrected chi connectivity index (χ3v) is 6.01. The van der Waals surface area contributed by atoms with Gasteiger partial charge in [-0.05, 0) is 44.1 Å². The number of halogens is 2. The van der Waals surface area contributed by atoms with E-state index < -0.39 is 0 Å². The lowest BCUT2D eigenvalue weighted by molar-refractivity contribution is 0.258. The number of hydrogen-bond acceptors (Lipinski definition) is 4. The molecule has 1 atom stereocenters. The molecule has 2 aromatic rings. The zero-order chi connectivity index (χ0) is 19.9. The summed E-state index contributed by atoms with van der Waals surface area (Å²) in [4.78, 5) is 2.54. The zero-order valence-electron chi connectivity index (χ0n) is 16.5. The average molecular weight is 423 g/mol. The van der Waals surface area contributed by atoms with Gasteiger partial charge in [-0.15, -0.1) is 0 Å². The van der Waals surface area contributed by atoms with Crippen LogP contribution in [0.25, 0.3) is 0 Å². The number of nitrogens with zero attached hydrogens (tertiary/aromatic N) is 1. The quantitative estimate of drug-likeness (QED) is 0.605. The lowest BCUT2D eigenvalue weighted by Gasteiger charge is -2.23. The normalized spacial score (nSPS) is 17.1. The molecule has 0 radical (unpaired) electrons. The molecule has 0 aromatic heterocycles. The Morgan fingerprint density at radius 2 is 1.89 bits per heavy atom. The molecule has 2 aromatic carbocycles. The van der Waals surface area contributed by atoms with Gasteiger partial charge in [0.1, 0.15) is 6.61 Å². The largest absolute Gasteiger partial charge is 0.493 e. The highest BCUT2D eigenvalue weighted by Gasteiger charge is 2.22. The molecule has 0 aliphatic carbocycles. The van der Waals surface area contributed by atoms with E-state index in [1.54, 1.807) is 7.11 Å². The summed E-state index contributed by atoms with van der Waals surface area (Å²) in [5.74, 6) is 1.44. The van der Waals surface area contributed by atoms with Crippen LogP contribution in [0.2, 0.25) is 10.0 Å². The van der Waals surface area contributed by atoms with Crippen molar-refractivity contribution in [3.63, 3.8) is 0 Å². The molecule has 3 rings (SSSR count). The Hall–Kier alpha value is -1.46. The van der Waals surface area contributed by atoms with Crippen LogP contribution in [0.15, 0.2) is 36.4 Å². The van der Waals surface area contributed by atoms with Gasteiger partial charge in [-0.1, -0.05) is 48.3 Å². The highest BCUT2D eigenvalue weighted by Crippen LogP contribution is 2.33. The van der Waals surface area contributed by atoms with E-state index >= 15 is 0 Å². The molecule has 6 heteroatoms. The third-order valence-electron chi connectivity index (χ3n) is 5.30. The number of para-hydroxylation sites is 1. The summed E-state index contributed by atoms with van der Waals surface area (Å²) in [7, 11) is 1.65.